The van der Waals surface area contributed by atoms with Gasteiger partial charge in [-0.3, -0.25) is 0 Å². The summed E-state index contributed by atoms with van der Waals surface area (Å²) < 4.78 is 5.60. The van der Waals surface area contributed by atoms with Gasteiger partial charge in [0.2, 0.25) is 11.8 Å². The molecule has 1 heterocycles. The first kappa shape index (κ1) is 10.9. The standard InChI is InChI=1S/C13H16N2O/c1-9(2)8-12-14-15-13(16-12)11-6-4-10(3)5-7-11/h4-7,9H,8H2,1-3H3. The van der Waals surface area contributed by atoms with E-state index in [1.807, 2.05) is 24.3 Å². The SMILES string of the molecule is Cc1ccc(-c2nnc(CC(C)C)o2)cc1. The van der Waals surface area contributed by atoms with Crippen LogP contribution in [-0.4, -0.2) is 10.2 Å². The quantitative estimate of drug-likeness (QED) is 0.790. The predicted molar refractivity (Wildman–Crippen MR) is 63.0 cm³/mol. The molecule has 0 saturated carbocycles. The minimum Gasteiger partial charge on any atom is -0.421 e. The molecule has 3 heteroatoms. The highest BCUT2D eigenvalue weighted by Crippen LogP contribution is 2.19. The van der Waals surface area contributed by atoms with Gasteiger partial charge >= 0.3 is 0 Å². The zero-order valence-electron chi connectivity index (χ0n) is 9.90. The van der Waals surface area contributed by atoms with Crippen molar-refractivity contribution in [1.82, 2.24) is 10.2 Å². The molecule has 16 heavy (non-hydrogen) atoms. The third kappa shape index (κ3) is 2.48. The van der Waals surface area contributed by atoms with Crippen LogP contribution in [0.3, 0.4) is 0 Å². The molecule has 0 atom stereocenters. The maximum atomic E-state index is 5.60. The molecule has 0 aliphatic heterocycles. The molecule has 84 valence electrons. The number of rotatable bonds is 3. The molecule has 2 rings (SSSR count). The Kier molecular flexibility index (Phi) is 3.04. The Balaban J connectivity index is 2.21. The van der Waals surface area contributed by atoms with Crippen LogP contribution in [0.25, 0.3) is 11.5 Å². The summed E-state index contributed by atoms with van der Waals surface area (Å²) in [5, 5.41) is 8.09. The molecule has 0 fully saturated rings. The van der Waals surface area contributed by atoms with Gasteiger partial charge in [-0.25, -0.2) is 0 Å². The summed E-state index contributed by atoms with van der Waals surface area (Å²) in [5.74, 6) is 1.85. The predicted octanol–water partition coefficient (Wildman–Crippen LogP) is 3.24. The Morgan fingerprint density at radius 1 is 1.12 bits per heavy atom. The molecular weight excluding hydrogens is 200 g/mol. The van der Waals surface area contributed by atoms with Gasteiger partial charge in [-0.05, 0) is 25.0 Å². The first-order valence-electron chi connectivity index (χ1n) is 5.54. The number of hydrogen-bond donors (Lipinski definition) is 0. The van der Waals surface area contributed by atoms with Crippen LogP contribution >= 0.6 is 0 Å². The van der Waals surface area contributed by atoms with Crippen LogP contribution in [0.15, 0.2) is 28.7 Å². The van der Waals surface area contributed by atoms with Gasteiger partial charge < -0.3 is 4.42 Å². The summed E-state index contributed by atoms with van der Waals surface area (Å²) in [7, 11) is 0. The summed E-state index contributed by atoms with van der Waals surface area (Å²) in [6.07, 6.45) is 0.832. The molecule has 0 saturated heterocycles. The minimum atomic E-state index is 0.534. The number of benzene rings is 1. The van der Waals surface area contributed by atoms with Crippen LogP contribution in [0.2, 0.25) is 0 Å². The summed E-state index contributed by atoms with van der Waals surface area (Å²) in [5.41, 5.74) is 2.21. The van der Waals surface area contributed by atoms with Crippen LogP contribution < -0.4 is 0 Å². The van der Waals surface area contributed by atoms with E-state index in [0.29, 0.717) is 17.7 Å². The lowest BCUT2D eigenvalue weighted by Crippen LogP contribution is -1.93. The topological polar surface area (TPSA) is 38.9 Å². The van der Waals surface area contributed by atoms with Crippen molar-refractivity contribution >= 4 is 0 Å². The summed E-state index contributed by atoms with van der Waals surface area (Å²) in [4.78, 5) is 0. The van der Waals surface area contributed by atoms with Crippen LogP contribution in [0, 0.1) is 12.8 Å². The second kappa shape index (κ2) is 4.47. The van der Waals surface area contributed by atoms with Crippen molar-refractivity contribution in [3.63, 3.8) is 0 Å². The second-order valence-corrected chi connectivity index (χ2v) is 4.46. The highest BCUT2D eigenvalue weighted by molar-refractivity contribution is 5.52. The van der Waals surface area contributed by atoms with E-state index in [-0.39, 0.29) is 0 Å². The average Bonchev–Trinajstić information content (AvgIpc) is 2.66. The summed E-state index contributed by atoms with van der Waals surface area (Å²) in [6.45, 7) is 6.33. The Bertz CT molecular complexity index is 457. The van der Waals surface area contributed by atoms with E-state index in [9.17, 15) is 0 Å². The molecule has 3 nitrogen and oxygen atoms in total. The monoisotopic (exact) mass is 216 g/mol. The van der Waals surface area contributed by atoms with Gasteiger partial charge in [0.15, 0.2) is 0 Å². The van der Waals surface area contributed by atoms with Gasteiger partial charge in [0, 0.05) is 12.0 Å². The van der Waals surface area contributed by atoms with Crippen molar-refractivity contribution in [2.75, 3.05) is 0 Å². The first-order valence-corrected chi connectivity index (χ1v) is 5.54. The fourth-order valence-corrected chi connectivity index (χ4v) is 1.50. The van der Waals surface area contributed by atoms with E-state index in [1.54, 1.807) is 0 Å². The zero-order chi connectivity index (χ0) is 11.5. The van der Waals surface area contributed by atoms with Crippen LogP contribution in [0.1, 0.15) is 25.3 Å². The van der Waals surface area contributed by atoms with E-state index < -0.39 is 0 Å². The molecule has 0 spiro atoms. The molecular formula is C13H16N2O. The molecule has 1 aromatic carbocycles. The van der Waals surface area contributed by atoms with E-state index in [1.165, 1.54) is 5.56 Å². The number of aryl methyl sites for hydroxylation is 1. The van der Waals surface area contributed by atoms with E-state index in [2.05, 4.69) is 31.0 Å². The maximum absolute atomic E-state index is 5.60. The lowest BCUT2D eigenvalue weighted by molar-refractivity contribution is 0.466. The molecule has 0 radical (unpaired) electrons. The maximum Gasteiger partial charge on any atom is 0.247 e. The summed E-state index contributed by atoms with van der Waals surface area (Å²) in [6, 6.07) is 8.09. The van der Waals surface area contributed by atoms with Gasteiger partial charge in [0.05, 0.1) is 0 Å². The molecule has 1 aromatic heterocycles. The van der Waals surface area contributed by atoms with Crippen molar-refractivity contribution in [2.45, 2.75) is 27.2 Å². The van der Waals surface area contributed by atoms with Gasteiger partial charge in [0.25, 0.3) is 0 Å². The number of nitrogens with zero attached hydrogens (tertiary/aromatic N) is 2. The van der Waals surface area contributed by atoms with Crippen LogP contribution in [0.4, 0.5) is 0 Å². The molecule has 0 bridgehead atoms. The van der Waals surface area contributed by atoms with Gasteiger partial charge in [-0.1, -0.05) is 31.5 Å². The lowest BCUT2D eigenvalue weighted by Gasteiger charge is -1.97. The Morgan fingerprint density at radius 3 is 2.44 bits per heavy atom. The molecule has 0 N–H and O–H groups in total. The van der Waals surface area contributed by atoms with E-state index >= 15 is 0 Å². The van der Waals surface area contributed by atoms with E-state index in [4.69, 9.17) is 4.42 Å². The first-order chi connectivity index (χ1) is 7.65. The Labute approximate surface area is 95.5 Å². The molecule has 0 amide bonds. The highest BCUT2D eigenvalue weighted by atomic mass is 16.4. The number of aromatic nitrogens is 2. The third-order valence-corrected chi connectivity index (χ3v) is 2.35. The van der Waals surface area contributed by atoms with Crippen molar-refractivity contribution in [1.29, 1.82) is 0 Å². The van der Waals surface area contributed by atoms with Crippen LogP contribution in [0.5, 0.6) is 0 Å². The Morgan fingerprint density at radius 2 is 1.81 bits per heavy atom. The van der Waals surface area contributed by atoms with Crippen molar-refractivity contribution in [3.8, 4) is 11.5 Å². The lowest BCUT2D eigenvalue weighted by atomic mass is 10.1. The largest absolute Gasteiger partial charge is 0.421 e. The fraction of sp³-hybridized carbons (Fsp3) is 0.385. The van der Waals surface area contributed by atoms with Crippen molar-refractivity contribution in [2.24, 2.45) is 5.92 Å². The third-order valence-electron chi connectivity index (χ3n) is 2.35. The Hall–Kier alpha value is -1.64. The number of hydrogen-bond acceptors (Lipinski definition) is 3. The average molecular weight is 216 g/mol. The van der Waals surface area contributed by atoms with Crippen molar-refractivity contribution < 1.29 is 4.42 Å². The highest BCUT2D eigenvalue weighted by Gasteiger charge is 2.09. The van der Waals surface area contributed by atoms with Crippen LogP contribution in [-0.2, 0) is 6.42 Å². The fourth-order valence-electron chi connectivity index (χ4n) is 1.50. The normalized spacial score (nSPS) is 11.0. The van der Waals surface area contributed by atoms with Gasteiger partial charge in [-0.15, -0.1) is 10.2 Å². The van der Waals surface area contributed by atoms with Gasteiger partial charge in [-0.2, -0.15) is 0 Å². The molecule has 0 aliphatic rings. The second-order valence-electron chi connectivity index (χ2n) is 4.46. The van der Waals surface area contributed by atoms with Crippen molar-refractivity contribution in [3.05, 3.63) is 35.7 Å². The molecule has 0 aliphatic carbocycles. The summed E-state index contributed by atoms with van der Waals surface area (Å²) >= 11 is 0. The van der Waals surface area contributed by atoms with Gasteiger partial charge in [0.1, 0.15) is 0 Å². The minimum absolute atomic E-state index is 0.534. The van der Waals surface area contributed by atoms with E-state index in [0.717, 1.165) is 12.0 Å². The molecule has 2 aromatic rings. The smallest absolute Gasteiger partial charge is 0.247 e. The zero-order valence-corrected chi connectivity index (χ0v) is 9.90. The molecule has 0 unspecified atom stereocenters.